The Morgan fingerprint density at radius 2 is 1.79 bits per heavy atom. The average molecular weight is 272 g/mol. The van der Waals surface area contributed by atoms with Crippen molar-refractivity contribution in [3.8, 4) is 0 Å². The molecule has 1 amide bonds. The number of nitrogens with one attached hydrogen (secondary N) is 2. The van der Waals surface area contributed by atoms with Crippen LogP contribution in [0.4, 0.5) is 0 Å². The molecule has 112 valence electrons. The molecule has 0 aliphatic rings. The van der Waals surface area contributed by atoms with Crippen LogP contribution >= 0.6 is 0 Å². The molecule has 1 atom stereocenters. The van der Waals surface area contributed by atoms with Gasteiger partial charge in [0.05, 0.1) is 7.11 Å². The molecule has 0 aromatic heterocycles. The Hall–Kier alpha value is -1.10. The number of rotatable bonds is 10. The van der Waals surface area contributed by atoms with Crippen molar-refractivity contribution in [3.05, 3.63) is 0 Å². The quantitative estimate of drug-likeness (QED) is 0.467. The van der Waals surface area contributed by atoms with Gasteiger partial charge in [-0.1, -0.05) is 13.8 Å². The SMILES string of the molecule is COC(=O)[C@H](CCCCNCCC(C)C)NC(C)=O. The second-order valence-corrected chi connectivity index (χ2v) is 5.20. The van der Waals surface area contributed by atoms with Gasteiger partial charge >= 0.3 is 5.97 Å². The summed E-state index contributed by atoms with van der Waals surface area (Å²) in [6, 6.07) is -0.516. The Kier molecular flexibility index (Phi) is 10.2. The standard InChI is InChI=1S/C14H28N2O3/c1-11(2)8-10-15-9-6-5-7-13(14(18)19-4)16-12(3)17/h11,13,15H,5-10H2,1-4H3,(H,16,17)/t13-/m0/s1. The van der Waals surface area contributed by atoms with E-state index in [2.05, 4.69) is 29.2 Å². The van der Waals surface area contributed by atoms with Crippen molar-refractivity contribution in [2.45, 2.75) is 52.5 Å². The van der Waals surface area contributed by atoms with E-state index in [1.54, 1.807) is 0 Å². The number of hydrogen-bond donors (Lipinski definition) is 2. The fraction of sp³-hybridized carbons (Fsp3) is 0.857. The van der Waals surface area contributed by atoms with E-state index in [1.165, 1.54) is 20.5 Å². The van der Waals surface area contributed by atoms with Crippen LogP contribution in [0.1, 0.15) is 46.5 Å². The highest BCUT2D eigenvalue weighted by molar-refractivity contribution is 5.83. The molecule has 0 aromatic carbocycles. The van der Waals surface area contributed by atoms with E-state index in [0.717, 1.165) is 31.8 Å². The number of ether oxygens (including phenoxy) is 1. The van der Waals surface area contributed by atoms with Gasteiger partial charge in [0.25, 0.3) is 0 Å². The first-order chi connectivity index (χ1) is 8.97. The molecule has 0 saturated heterocycles. The number of unbranched alkanes of at least 4 members (excludes halogenated alkanes) is 1. The predicted octanol–water partition coefficient (Wildman–Crippen LogP) is 1.47. The number of carbonyl (C=O) groups is 2. The van der Waals surface area contributed by atoms with E-state index in [9.17, 15) is 9.59 Å². The van der Waals surface area contributed by atoms with Crippen molar-refractivity contribution in [1.29, 1.82) is 0 Å². The molecule has 0 fully saturated rings. The summed E-state index contributed by atoms with van der Waals surface area (Å²) in [5.41, 5.74) is 0. The Morgan fingerprint density at radius 3 is 2.32 bits per heavy atom. The van der Waals surface area contributed by atoms with Gasteiger partial charge in [-0.05, 0) is 44.7 Å². The van der Waals surface area contributed by atoms with Gasteiger partial charge in [-0.25, -0.2) is 4.79 Å². The molecule has 0 spiro atoms. The minimum Gasteiger partial charge on any atom is -0.467 e. The van der Waals surface area contributed by atoms with E-state index in [0.29, 0.717) is 6.42 Å². The average Bonchev–Trinajstić information content (AvgIpc) is 2.34. The molecule has 0 unspecified atom stereocenters. The molecule has 0 saturated carbocycles. The van der Waals surface area contributed by atoms with Gasteiger partial charge in [0.15, 0.2) is 0 Å². The van der Waals surface area contributed by atoms with Crippen LogP contribution in [0.15, 0.2) is 0 Å². The fourth-order valence-corrected chi connectivity index (χ4v) is 1.75. The van der Waals surface area contributed by atoms with Crippen molar-refractivity contribution in [2.75, 3.05) is 20.2 Å². The summed E-state index contributed by atoms with van der Waals surface area (Å²) in [4.78, 5) is 22.4. The van der Waals surface area contributed by atoms with Gasteiger partial charge in [-0.3, -0.25) is 4.79 Å². The third kappa shape index (κ3) is 10.5. The summed E-state index contributed by atoms with van der Waals surface area (Å²) < 4.78 is 4.67. The zero-order valence-electron chi connectivity index (χ0n) is 12.6. The van der Waals surface area contributed by atoms with Gasteiger partial charge in [0.1, 0.15) is 6.04 Å². The summed E-state index contributed by atoms with van der Waals surface area (Å²) in [5, 5.41) is 5.98. The summed E-state index contributed by atoms with van der Waals surface area (Å²) in [7, 11) is 1.34. The Bertz CT molecular complexity index is 267. The Labute approximate surface area is 116 Å². The maximum absolute atomic E-state index is 11.4. The van der Waals surface area contributed by atoms with Crippen LogP contribution in [-0.2, 0) is 14.3 Å². The molecule has 5 nitrogen and oxygen atoms in total. The predicted molar refractivity (Wildman–Crippen MR) is 75.8 cm³/mol. The summed E-state index contributed by atoms with van der Waals surface area (Å²) >= 11 is 0. The van der Waals surface area contributed by atoms with Crippen LogP contribution in [0.25, 0.3) is 0 Å². The monoisotopic (exact) mass is 272 g/mol. The second kappa shape index (κ2) is 10.8. The molecule has 0 bridgehead atoms. The molecule has 0 radical (unpaired) electrons. The van der Waals surface area contributed by atoms with E-state index in [-0.39, 0.29) is 11.9 Å². The van der Waals surface area contributed by atoms with E-state index in [4.69, 9.17) is 0 Å². The lowest BCUT2D eigenvalue weighted by Gasteiger charge is -2.15. The molecule has 0 rings (SSSR count). The number of methoxy groups -OCH3 is 1. The van der Waals surface area contributed by atoms with Crippen LogP contribution in [0.2, 0.25) is 0 Å². The van der Waals surface area contributed by atoms with Crippen LogP contribution in [0.3, 0.4) is 0 Å². The Morgan fingerprint density at radius 1 is 1.11 bits per heavy atom. The molecule has 19 heavy (non-hydrogen) atoms. The first kappa shape index (κ1) is 17.9. The largest absolute Gasteiger partial charge is 0.467 e. The van der Waals surface area contributed by atoms with Crippen LogP contribution in [0.5, 0.6) is 0 Å². The molecule has 5 heteroatoms. The van der Waals surface area contributed by atoms with Gasteiger partial charge in [-0.15, -0.1) is 0 Å². The summed E-state index contributed by atoms with van der Waals surface area (Å²) in [5.74, 6) is 0.143. The van der Waals surface area contributed by atoms with Crippen molar-refractivity contribution in [2.24, 2.45) is 5.92 Å². The van der Waals surface area contributed by atoms with Crippen LogP contribution < -0.4 is 10.6 Å². The third-order valence-corrected chi connectivity index (χ3v) is 2.86. The second-order valence-electron chi connectivity index (χ2n) is 5.20. The first-order valence-corrected chi connectivity index (χ1v) is 7.03. The van der Waals surface area contributed by atoms with Gasteiger partial charge in [-0.2, -0.15) is 0 Å². The van der Waals surface area contributed by atoms with Crippen molar-refractivity contribution in [1.82, 2.24) is 10.6 Å². The number of carbonyl (C=O) groups excluding carboxylic acids is 2. The lowest BCUT2D eigenvalue weighted by atomic mass is 10.1. The van der Waals surface area contributed by atoms with Gasteiger partial charge in [0, 0.05) is 6.92 Å². The lowest BCUT2D eigenvalue weighted by molar-refractivity contribution is -0.145. The third-order valence-electron chi connectivity index (χ3n) is 2.86. The molecule has 0 heterocycles. The van der Waals surface area contributed by atoms with Crippen molar-refractivity contribution in [3.63, 3.8) is 0 Å². The van der Waals surface area contributed by atoms with Crippen LogP contribution in [0, 0.1) is 5.92 Å². The summed E-state index contributed by atoms with van der Waals surface area (Å²) in [6.07, 6.45) is 3.68. The van der Waals surface area contributed by atoms with E-state index < -0.39 is 6.04 Å². The highest BCUT2D eigenvalue weighted by atomic mass is 16.5. The van der Waals surface area contributed by atoms with Crippen molar-refractivity contribution >= 4 is 11.9 Å². The lowest BCUT2D eigenvalue weighted by Crippen LogP contribution is -2.40. The molecular formula is C14H28N2O3. The smallest absolute Gasteiger partial charge is 0.328 e. The zero-order valence-corrected chi connectivity index (χ0v) is 12.6. The van der Waals surface area contributed by atoms with Gasteiger partial charge < -0.3 is 15.4 Å². The highest BCUT2D eigenvalue weighted by Gasteiger charge is 2.19. The van der Waals surface area contributed by atoms with E-state index >= 15 is 0 Å². The van der Waals surface area contributed by atoms with Gasteiger partial charge in [0.2, 0.25) is 5.91 Å². The topological polar surface area (TPSA) is 67.4 Å². The number of esters is 1. The van der Waals surface area contributed by atoms with Crippen molar-refractivity contribution < 1.29 is 14.3 Å². The summed E-state index contributed by atoms with van der Waals surface area (Å²) in [6.45, 7) is 7.79. The maximum atomic E-state index is 11.4. The fourth-order valence-electron chi connectivity index (χ4n) is 1.75. The highest BCUT2D eigenvalue weighted by Crippen LogP contribution is 2.03. The minimum atomic E-state index is -0.516. The van der Waals surface area contributed by atoms with Crippen LogP contribution in [-0.4, -0.2) is 38.1 Å². The number of hydrogen-bond acceptors (Lipinski definition) is 4. The Balaban J connectivity index is 3.69. The normalized spacial score (nSPS) is 12.3. The maximum Gasteiger partial charge on any atom is 0.328 e. The minimum absolute atomic E-state index is 0.203. The number of amides is 1. The molecule has 0 aliphatic heterocycles. The molecule has 0 aromatic rings. The molecule has 2 N–H and O–H groups in total. The first-order valence-electron chi connectivity index (χ1n) is 7.03. The van der Waals surface area contributed by atoms with E-state index in [1.807, 2.05) is 0 Å². The molecule has 0 aliphatic carbocycles. The zero-order chi connectivity index (χ0) is 14.7. The molecular weight excluding hydrogens is 244 g/mol.